The molecule has 1 atom stereocenters. The van der Waals surface area contributed by atoms with E-state index in [2.05, 4.69) is 15.7 Å². The quantitative estimate of drug-likeness (QED) is 0.714. The van der Waals surface area contributed by atoms with E-state index in [1.165, 1.54) is 0 Å². The van der Waals surface area contributed by atoms with Gasteiger partial charge in [0.15, 0.2) is 5.69 Å². The Morgan fingerprint density at radius 2 is 2.18 bits per heavy atom. The van der Waals surface area contributed by atoms with Crippen LogP contribution in [0, 0.1) is 0 Å². The van der Waals surface area contributed by atoms with Crippen LogP contribution in [0.2, 0.25) is 0 Å². The first-order chi connectivity index (χ1) is 10.4. The van der Waals surface area contributed by atoms with Crippen molar-refractivity contribution in [2.24, 2.45) is 0 Å². The van der Waals surface area contributed by atoms with Gasteiger partial charge >= 0.3 is 5.97 Å². The number of carboxylic acid groups (broad SMARTS) is 1. The normalized spacial score (nSPS) is 17.4. The van der Waals surface area contributed by atoms with Gasteiger partial charge in [-0.25, -0.2) is 4.79 Å². The Morgan fingerprint density at radius 3 is 2.77 bits per heavy atom. The number of aryl methyl sites for hydroxylation is 1. The van der Waals surface area contributed by atoms with Gasteiger partial charge < -0.3 is 15.7 Å². The van der Waals surface area contributed by atoms with Crippen LogP contribution in [0.25, 0.3) is 0 Å². The largest absolute Gasteiger partial charge is 0.476 e. The predicted molar refractivity (Wildman–Crippen MR) is 82.0 cm³/mol. The van der Waals surface area contributed by atoms with Gasteiger partial charge in [-0.15, -0.1) is 0 Å². The molecular formula is C15H24N4O3. The number of aromatic nitrogens is 2. The van der Waals surface area contributed by atoms with Crippen molar-refractivity contribution in [3.63, 3.8) is 0 Å². The lowest BCUT2D eigenvalue weighted by Gasteiger charge is -2.24. The Labute approximate surface area is 130 Å². The molecule has 122 valence electrons. The van der Waals surface area contributed by atoms with Gasteiger partial charge in [0.25, 0.3) is 0 Å². The number of nitrogens with zero attached hydrogens (tertiary/aromatic N) is 2. The Bertz CT molecular complexity index is 565. The third kappa shape index (κ3) is 3.65. The number of hydrogen-bond acceptors (Lipinski definition) is 4. The second-order valence-corrected chi connectivity index (χ2v) is 5.94. The van der Waals surface area contributed by atoms with Gasteiger partial charge in [0.1, 0.15) is 0 Å². The number of carbonyl (C=O) groups is 2. The fourth-order valence-electron chi connectivity index (χ4n) is 2.91. The number of rotatable bonds is 6. The van der Waals surface area contributed by atoms with Gasteiger partial charge in [0.2, 0.25) is 5.91 Å². The van der Waals surface area contributed by atoms with Crippen LogP contribution < -0.4 is 10.6 Å². The molecule has 0 fully saturated rings. The van der Waals surface area contributed by atoms with Crippen LogP contribution in [0.4, 0.5) is 0 Å². The molecule has 0 saturated heterocycles. The highest BCUT2D eigenvalue weighted by molar-refractivity contribution is 5.87. The number of fused-ring (bicyclic) bond motifs is 1. The van der Waals surface area contributed by atoms with Gasteiger partial charge in [-0.3, -0.25) is 9.48 Å². The maximum Gasteiger partial charge on any atom is 0.356 e. The Hall–Kier alpha value is -1.89. The molecule has 0 saturated carbocycles. The summed E-state index contributed by atoms with van der Waals surface area (Å²) in [6.45, 7) is 6.72. The highest BCUT2D eigenvalue weighted by atomic mass is 16.4. The van der Waals surface area contributed by atoms with Gasteiger partial charge in [-0.2, -0.15) is 5.10 Å². The molecule has 1 aromatic heterocycles. The van der Waals surface area contributed by atoms with Crippen LogP contribution in [0.1, 0.15) is 48.9 Å². The summed E-state index contributed by atoms with van der Waals surface area (Å²) in [4.78, 5) is 23.0. The highest BCUT2D eigenvalue weighted by Crippen LogP contribution is 2.25. The van der Waals surface area contributed by atoms with Gasteiger partial charge in [-0.1, -0.05) is 0 Å². The summed E-state index contributed by atoms with van der Waals surface area (Å²) in [6.07, 6.45) is 2.27. The van der Waals surface area contributed by atoms with E-state index in [1.54, 1.807) is 4.68 Å². The predicted octanol–water partition coefficient (Wildman–Crippen LogP) is 0.573. The monoisotopic (exact) mass is 308 g/mol. The maximum atomic E-state index is 11.7. The average molecular weight is 308 g/mol. The molecule has 0 bridgehead atoms. The van der Waals surface area contributed by atoms with Crippen LogP contribution in [0.5, 0.6) is 0 Å². The minimum absolute atomic E-state index is 0.0384. The third-order valence-corrected chi connectivity index (χ3v) is 3.85. The molecule has 0 unspecified atom stereocenters. The molecule has 0 radical (unpaired) electrons. The molecule has 1 aromatic rings. The SMILES string of the molecule is CCn1nc(C(=O)O)c2c1CC[C@H](NCC(=O)NC(C)C)C2. The maximum absolute atomic E-state index is 11.7. The van der Waals surface area contributed by atoms with Gasteiger partial charge in [0.05, 0.1) is 6.54 Å². The van der Waals surface area contributed by atoms with Crippen LogP contribution in [-0.4, -0.2) is 45.4 Å². The lowest BCUT2D eigenvalue weighted by atomic mass is 9.91. The number of hydrogen-bond donors (Lipinski definition) is 3. The molecule has 1 aliphatic carbocycles. The number of aromatic carboxylic acids is 1. The third-order valence-electron chi connectivity index (χ3n) is 3.85. The zero-order valence-electron chi connectivity index (χ0n) is 13.3. The van der Waals surface area contributed by atoms with E-state index in [0.29, 0.717) is 13.0 Å². The summed E-state index contributed by atoms with van der Waals surface area (Å²) in [5, 5.41) is 19.5. The molecule has 0 spiro atoms. The van der Waals surface area contributed by atoms with Crippen molar-refractivity contribution in [3.05, 3.63) is 17.0 Å². The van der Waals surface area contributed by atoms with Gasteiger partial charge in [0, 0.05) is 29.9 Å². The van der Waals surface area contributed by atoms with Gasteiger partial charge in [-0.05, 0) is 40.0 Å². The number of carboxylic acids is 1. The molecule has 7 heteroatoms. The van der Waals surface area contributed by atoms with Crippen LogP contribution >= 0.6 is 0 Å². The van der Waals surface area contributed by atoms with E-state index < -0.39 is 5.97 Å². The highest BCUT2D eigenvalue weighted by Gasteiger charge is 2.28. The van der Waals surface area contributed by atoms with E-state index in [4.69, 9.17) is 0 Å². The molecule has 2 rings (SSSR count). The minimum Gasteiger partial charge on any atom is -0.476 e. The number of nitrogens with one attached hydrogen (secondary N) is 2. The average Bonchev–Trinajstić information content (AvgIpc) is 2.82. The Morgan fingerprint density at radius 1 is 1.45 bits per heavy atom. The number of carbonyl (C=O) groups excluding carboxylic acids is 1. The second-order valence-electron chi connectivity index (χ2n) is 5.94. The molecule has 1 heterocycles. The smallest absolute Gasteiger partial charge is 0.356 e. The van der Waals surface area contributed by atoms with Crippen LogP contribution in [0.15, 0.2) is 0 Å². The summed E-state index contributed by atoms with van der Waals surface area (Å²) < 4.78 is 1.78. The van der Waals surface area contributed by atoms with Crippen molar-refractivity contribution in [2.45, 2.75) is 58.7 Å². The molecule has 1 aliphatic rings. The van der Waals surface area contributed by atoms with E-state index in [1.807, 2.05) is 20.8 Å². The molecule has 1 amide bonds. The first-order valence-corrected chi connectivity index (χ1v) is 7.77. The molecule has 0 aliphatic heterocycles. The fraction of sp³-hybridized carbons (Fsp3) is 0.667. The summed E-state index contributed by atoms with van der Waals surface area (Å²) in [6, 6.07) is 0.228. The van der Waals surface area contributed by atoms with Crippen molar-refractivity contribution in [2.75, 3.05) is 6.54 Å². The standard InChI is InChI=1S/C15H24N4O3/c1-4-19-12-6-5-10(16-8-13(20)17-9(2)3)7-11(12)14(18-19)15(21)22/h9-10,16H,4-8H2,1-3H3,(H,17,20)(H,21,22)/t10-/m0/s1. The van der Waals surface area contributed by atoms with E-state index in [9.17, 15) is 14.7 Å². The summed E-state index contributed by atoms with van der Waals surface area (Å²) in [7, 11) is 0. The lowest BCUT2D eigenvalue weighted by molar-refractivity contribution is -0.120. The second kappa shape index (κ2) is 6.91. The first kappa shape index (κ1) is 16.5. The zero-order chi connectivity index (χ0) is 16.3. The molecule has 0 aromatic carbocycles. The summed E-state index contributed by atoms with van der Waals surface area (Å²) in [5.74, 6) is -1.02. The number of amides is 1. The molecular weight excluding hydrogens is 284 g/mol. The fourth-order valence-corrected chi connectivity index (χ4v) is 2.91. The Kier molecular flexibility index (Phi) is 5.18. The Balaban J connectivity index is 2.03. The van der Waals surface area contributed by atoms with E-state index in [-0.39, 0.29) is 30.2 Å². The minimum atomic E-state index is -0.985. The van der Waals surface area contributed by atoms with Crippen molar-refractivity contribution >= 4 is 11.9 Å². The van der Waals surface area contributed by atoms with Crippen molar-refractivity contribution in [1.82, 2.24) is 20.4 Å². The molecule has 22 heavy (non-hydrogen) atoms. The molecule has 3 N–H and O–H groups in total. The van der Waals surface area contributed by atoms with Crippen LogP contribution in [-0.2, 0) is 24.2 Å². The van der Waals surface area contributed by atoms with E-state index in [0.717, 1.165) is 24.1 Å². The lowest BCUT2D eigenvalue weighted by Crippen LogP contribution is -2.43. The topological polar surface area (TPSA) is 96.2 Å². The first-order valence-electron chi connectivity index (χ1n) is 7.77. The summed E-state index contributed by atoms with van der Waals surface area (Å²) >= 11 is 0. The van der Waals surface area contributed by atoms with Crippen LogP contribution in [0.3, 0.4) is 0 Å². The zero-order valence-corrected chi connectivity index (χ0v) is 13.3. The van der Waals surface area contributed by atoms with Crippen molar-refractivity contribution in [1.29, 1.82) is 0 Å². The summed E-state index contributed by atoms with van der Waals surface area (Å²) in [5.41, 5.74) is 1.97. The van der Waals surface area contributed by atoms with Crippen molar-refractivity contribution in [3.8, 4) is 0 Å². The van der Waals surface area contributed by atoms with E-state index >= 15 is 0 Å². The van der Waals surface area contributed by atoms with Crippen molar-refractivity contribution < 1.29 is 14.7 Å². The molecule has 7 nitrogen and oxygen atoms in total.